The molecule has 0 aliphatic carbocycles. The molecule has 0 saturated carbocycles. The van der Waals surface area contributed by atoms with Crippen LogP contribution < -0.4 is 5.32 Å². The van der Waals surface area contributed by atoms with Gasteiger partial charge >= 0.3 is 0 Å². The van der Waals surface area contributed by atoms with E-state index in [2.05, 4.69) is 31.0 Å². The number of hydrogen-bond acceptors (Lipinski definition) is 2. The molecule has 1 N–H and O–H groups in total. The van der Waals surface area contributed by atoms with E-state index in [-0.39, 0.29) is 11.3 Å². The maximum absolute atomic E-state index is 12.2. The Balaban J connectivity index is 2.62. The summed E-state index contributed by atoms with van der Waals surface area (Å²) in [4.78, 5) is 14.7. The van der Waals surface area contributed by atoms with Crippen LogP contribution in [-0.2, 0) is 4.79 Å². The van der Waals surface area contributed by atoms with Crippen LogP contribution in [-0.4, -0.2) is 36.5 Å². The number of unbranched alkanes of at least 4 members (excludes halogenated alkanes) is 1. The average Bonchev–Trinajstić information content (AvgIpc) is 2.34. The summed E-state index contributed by atoms with van der Waals surface area (Å²) in [7, 11) is 0. The molecule has 0 spiro atoms. The van der Waals surface area contributed by atoms with Crippen molar-refractivity contribution in [1.29, 1.82) is 0 Å². The summed E-state index contributed by atoms with van der Waals surface area (Å²) in [6, 6.07) is 0.319. The number of piperidine rings is 1. The van der Waals surface area contributed by atoms with E-state index in [1.807, 2.05) is 20.8 Å². The van der Waals surface area contributed by atoms with Crippen LogP contribution in [0.5, 0.6) is 0 Å². The van der Waals surface area contributed by atoms with Crippen LogP contribution in [0.4, 0.5) is 0 Å². The minimum atomic E-state index is -0.293. The lowest BCUT2D eigenvalue weighted by Crippen LogP contribution is -2.53. The van der Waals surface area contributed by atoms with E-state index in [1.54, 1.807) is 0 Å². The van der Waals surface area contributed by atoms with Crippen LogP contribution in [0.2, 0.25) is 0 Å². The molecule has 0 aromatic carbocycles. The van der Waals surface area contributed by atoms with Crippen LogP contribution in [0.15, 0.2) is 0 Å². The Morgan fingerprint density at radius 2 is 1.95 bits per heavy atom. The van der Waals surface area contributed by atoms with Crippen molar-refractivity contribution in [3.8, 4) is 0 Å². The molecule has 20 heavy (non-hydrogen) atoms. The van der Waals surface area contributed by atoms with Gasteiger partial charge in [0.15, 0.2) is 0 Å². The molecular weight excluding hydrogens is 248 g/mol. The van der Waals surface area contributed by atoms with Gasteiger partial charge in [-0.05, 0) is 31.2 Å². The van der Waals surface area contributed by atoms with Crippen molar-refractivity contribution in [1.82, 2.24) is 10.2 Å². The minimum Gasteiger partial charge on any atom is -0.352 e. The minimum absolute atomic E-state index is 0.183. The van der Waals surface area contributed by atoms with Gasteiger partial charge in [0.2, 0.25) is 5.91 Å². The summed E-state index contributed by atoms with van der Waals surface area (Å²) in [6.07, 6.45) is 3.62. The second kappa shape index (κ2) is 7.44. The summed E-state index contributed by atoms with van der Waals surface area (Å²) < 4.78 is 0. The largest absolute Gasteiger partial charge is 0.352 e. The second-order valence-electron chi connectivity index (χ2n) is 7.77. The van der Waals surface area contributed by atoms with E-state index in [9.17, 15) is 4.79 Å². The lowest BCUT2D eigenvalue weighted by atomic mass is 9.84. The topological polar surface area (TPSA) is 32.3 Å². The van der Waals surface area contributed by atoms with Crippen molar-refractivity contribution in [3.05, 3.63) is 0 Å². The summed E-state index contributed by atoms with van der Waals surface area (Å²) in [6.45, 7) is 16.2. The standard InChI is InChI=1S/C17H34N2O/c1-7-8-9-19-11-14(13(2)3)10-15(12-19)18-16(20)17(4,5)6/h13-15H,7-12H2,1-6H3,(H,18,20). The molecule has 2 unspecified atom stereocenters. The van der Waals surface area contributed by atoms with Gasteiger partial charge in [0.05, 0.1) is 0 Å². The Labute approximate surface area is 125 Å². The highest BCUT2D eigenvalue weighted by molar-refractivity contribution is 5.81. The SMILES string of the molecule is CCCCN1CC(NC(=O)C(C)(C)C)CC(C(C)C)C1. The van der Waals surface area contributed by atoms with Crippen LogP contribution in [0, 0.1) is 17.3 Å². The number of rotatable bonds is 5. The molecule has 1 fully saturated rings. The lowest BCUT2D eigenvalue weighted by molar-refractivity contribution is -0.129. The molecule has 118 valence electrons. The Kier molecular flexibility index (Phi) is 6.50. The van der Waals surface area contributed by atoms with Crippen molar-refractivity contribution in [2.24, 2.45) is 17.3 Å². The number of nitrogens with one attached hydrogen (secondary N) is 1. The second-order valence-corrected chi connectivity index (χ2v) is 7.77. The lowest BCUT2D eigenvalue weighted by Gasteiger charge is -2.40. The highest BCUT2D eigenvalue weighted by Crippen LogP contribution is 2.25. The maximum Gasteiger partial charge on any atom is 0.225 e. The molecule has 0 radical (unpaired) electrons. The molecule has 0 aromatic rings. The third-order valence-electron chi connectivity index (χ3n) is 4.35. The molecule has 1 saturated heterocycles. The van der Waals surface area contributed by atoms with Crippen LogP contribution in [0.25, 0.3) is 0 Å². The zero-order valence-electron chi connectivity index (χ0n) is 14.3. The van der Waals surface area contributed by atoms with Crippen molar-refractivity contribution < 1.29 is 4.79 Å². The van der Waals surface area contributed by atoms with Gasteiger partial charge in [-0.1, -0.05) is 48.0 Å². The summed E-state index contributed by atoms with van der Waals surface area (Å²) in [5.74, 6) is 1.57. The number of carbonyl (C=O) groups excluding carboxylic acids is 1. The van der Waals surface area contributed by atoms with Crippen molar-refractivity contribution in [2.45, 2.75) is 66.8 Å². The first-order valence-electron chi connectivity index (χ1n) is 8.27. The zero-order valence-corrected chi connectivity index (χ0v) is 14.3. The predicted octanol–water partition coefficient (Wildman–Crippen LogP) is 3.30. The Bertz CT molecular complexity index is 307. The van der Waals surface area contributed by atoms with Gasteiger partial charge in [0, 0.05) is 24.5 Å². The Hall–Kier alpha value is -0.570. The smallest absolute Gasteiger partial charge is 0.225 e. The molecule has 1 rings (SSSR count). The van der Waals surface area contributed by atoms with Gasteiger partial charge in [-0.25, -0.2) is 0 Å². The number of carbonyl (C=O) groups is 1. The molecular formula is C17H34N2O. The molecule has 0 bridgehead atoms. The molecule has 1 amide bonds. The molecule has 1 heterocycles. The number of likely N-dealkylation sites (tertiary alicyclic amines) is 1. The zero-order chi connectivity index (χ0) is 15.3. The van der Waals surface area contributed by atoms with E-state index >= 15 is 0 Å². The average molecular weight is 282 g/mol. The predicted molar refractivity (Wildman–Crippen MR) is 85.7 cm³/mol. The van der Waals surface area contributed by atoms with Gasteiger partial charge in [-0.15, -0.1) is 0 Å². The fraction of sp³-hybridized carbons (Fsp3) is 0.941. The molecule has 3 heteroatoms. The summed E-state index contributed by atoms with van der Waals surface area (Å²) in [5, 5.41) is 3.27. The van der Waals surface area contributed by atoms with Crippen molar-refractivity contribution in [3.63, 3.8) is 0 Å². The molecule has 2 atom stereocenters. The first-order chi connectivity index (χ1) is 9.24. The van der Waals surface area contributed by atoms with E-state index in [0.717, 1.165) is 13.0 Å². The Morgan fingerprint density at radius 1 is 1.30 bits per heavy atom. The fourth-order valence-electron chi connectivity index (χ4n) is 2.79. The molecule has 0 aromatic heterocycles. The van der Waals surface area contributed by atoms with Crippen LogP contribution in [0.1, 0.15) is 60.8 Å². The third-order valence-corrected chi connectivity index (χ3v) is 4.35. The first kappa shape index (κ1) is 17.5. The number of amides is 1. The van der Waals surface area contributed by atoms with Crippen LogP contribution in [0.3, 0.4) is 0 Å². The van der Waals surface area contributed by atoms with Gasteiger partial charge in [0.25, 0.3) is 0 Å². The highest BCUT2D eigenvalue weighted by atomic mass is 16.2. The number of nitrogens with zero attached hydrogens (tertiary/aromatic N) is 1. The number of hydrogen-bond donors (Lipinski definition) is 1. The van der Waals surface area contributed by atoms with Gasteiger partial charge in [-0.3, -0.25) is 4.79 Å². The Morgan fingerprint density at radius 3 is 2.45 bits per heavy atom. The third kappa shape index (κ3) is 5.43. The van der Waals surface area contributed by atoms with Gasteiger partial charge in [0.1, 0.15) is 0 Å². The first-order valence-corrected chi connectivity index (χ1v) is 8.27. The monoisotopic (exact) mass is 282 g/mol. The maximum atomic E-state index is 12.2. The molecule has 1 aliphatic rings. The van der Waals surface area contributed by atoms with Crippen molar-refractivity contribution in [2.75, 3.05) is 19.6 Å². The van der Waals surface area contributed by atoms with E-state index in [0.29, 0.717) is 17.9 Å². The van der Waals surface area contributed by atoms with Gasteiger partial charge in [-0.2, -0.15) is 0 Å². The highest BCUT2D eigenvalue weighted by Gasteiger charge is 2.31. The summed E-state index contributed by atoms with van der Waals surface area (Å²) >= 11 is 0. The van der Waals surface area contributed by atoms with Gasteiger partial charge < -0.3 is 10.2 Å². The normalized spacial score (nSPS) is 24.9. The van der Waals surface area contributed by atoms with E-state index < -0.39 is 0 Å². The summed E-state index contributed by atoms with van der Waals surface area (Å²) in [5.41, 5.74) is -0.293. The van der Waals surface area contributed by atoms with E-state index in [1.165, 1.54) is 25.9 Å². The molecule has 1 aliphatic heterocycles. The molecule has 3 nitrogen and oxygen atoms in total. The van der Waals surface area contributed by atoms with Crippen molar-refractivity contribution >= 4 is 5.91 Å². The fourth-order valence-corrected chi connectivity index (χ4v) is 2.79. The van der Waals surface area contributed by atoms with Crippen LogP contribution >= 0.6 is 0 Å². The quantitative estimate of drug-likeness (QED) is 0.839. The van der Waals surface area contributed by atoms with E-state index in [4.69, 9.17) is 0 Å².